The molecule has 1 aliphatic rings. The van der Waals surface area contributed by atoms with Crippen molar-refractivity contribution < 1.29 is 9.84 Å². The van der Waals surface area contributed by atoms with Crippen molar-refractivity contribution in [1.82, 2.24) is 15.9 Å². The fourth-order valence-electron chi connectivity index (χ4n) is 2.47. The minimum absolute atomic E-state index is 0.126. The number of phenolic OH excluding ortho intramolecular Hbond substituents is 1. The first-order valence-corrected chi connectivity index (χ1v) is 8.30. The quantitative estimate of drug-likeness (QED) is 0.359. The van der Waals surface area contributed by atoms with E-state index in [0.717, 1.165) is 56.5 Å². The minimum atomic E-state index is 0.126. The summed E-state index contributed by atoms with van der Waals surface area (Å²) in [5.74, 6) is 1.15. The van der Waals surface area contributed by atoms with Crippen LogP contribution in [0, 0.1) is 6.92 Å². The fraction of sp³-hybridized carbons (Fsp3) is 0.562. The van der Waals surface area contributed by atoms with Gasteiger partial charge in [-0.3, -0.25) is 0 Å². The lowest BCUT2D eigenvalue weighted by Crippen LogP contribution is -2.58. The number of aromatic hydroxyl groups is 1. The lowest BCUT2D eigenvalue weighted by Gasteiger charge is -2.38. The molecule has 1 saturated heterocycles. The summed E-state index contributed by atoms with van der Waals surface area (Å²) in [5.41, 5.74) is 4.80. The highest BCUT2D eigenvalue weighted by Crippen LogP contribution is 2.32. The number of benzene rings is 1. The zero-order valence-corrected chi connectivity index (χ0v) is 14.3. The number of ether oxygens (including phenoxy) is 1. The Balaban J connectivity index is 1.82. The van der Waals surface area contributed by atoms with Gasteiger partial charge in [-0.05, 0) is 32.0 Å². The Morgan fingerprint density at radius 1 is 1.48 bits per heavy atom. The molecule has 1 aromatic rings. The molecule has 1 aliphatic heterocycles. The third-order valence-corrected chi connectivity index (χ3v) is 3.99. The molecule has 126 valence electrons. The van der Waals surface area contributed by atoms with E-state index in [2.05, 4.69) is 22.8 Å². The lowest BCUT2D eigenvalue weighted by atomic mass is 9.75. The summed E-state index contributed by atoms with van der Waals surface area (Å²) in [7, 11) is 3.00. The van der Waals surface area contributed by atoms with Crippen LogP contribution in [0.25, 0.3) is 0 Å². The van der Waals surface area contributed by atoms with Crippen LogP contribution in [0.3, 0.4) is 0 Å². The molecule has 0 aromatic heterocycles. The number of rotatable bonds is 9. The molecular weight excluding hydrogens is 291 g/mol. The van der Waals surface area contributed by atoms with Gasteiger partial charge in [-0.25, -0.2) is 5.53 Å². The molecule has 0 radical (unpaired) electrons. The van der Waals surface area contributed by atoms with E-state index in [1.54, 1.807) is 6.21 Å². The molecule has 7 heteroatoms. The lowest BCUT2D eigenvalue weighted by molar-refractivity contribution is -0.0153. The molecule has 0 saturated carbocycles. The number of phenols is 1. The van der Waals surface area contributed by atoms with E-state index in [0.29, 0.717) is 5.75 Å². The van der Waals surface area contributed by atoms with Crippen molar-refractivity contribution >= 4 is 13.5 Å². The first-order valence-electron chi connectivity index (χ1n) is 8.30. The van der Waals surface area contributed by atoms with Gasteiger partial charge in [0.1, 0.15) is 24.9 Å². The van der Waals surface area contributed by atoms with Gasteiger partial charge in [0.2, 0.25) is 0 Å². The Bertz CT molecular complexity index is 533. The van der Waals surface area contributed by atoms with Gasteiger partial charge in [0.15, 0.2) is 0 Å². The molecule has 0 atom stereocenters. The SMILES string of the molecule is CBCCc1ccc(OC2CN(N/N=C\CNC)C2)c(C)c1O. The monoisotopic (exact) mass is 318 g/mol. The number of aryl methyl sites for hydroxylation is 1. The zero-order chi connectivity index (χ0) is 16.7. The van der Waals surface area contributed by atoms with Crippen molar-refractivity contribution in [3.8, 4) is 11.5 Å². The fourth-order valence-corrected chi connectivity index (χ4v) is 2.47. The van der Waals surface area contributed by atoms with Crippen molar-refractivity contribution in [3.63, 3.8) is 0 Å². The van der Waals surface area contributed by atoms with Crippen molar-refractivity contribution in [2.24, 2.45) is 5.10 Å². The molecule has 1 fully saturated rings. The molecule has 0 bridgehead atoms. The Kier molecular flexibility index (Phi) is 6.74. The Morgan fingerprint density at radius 3 is 2.96 bits per heavy atom. The van der Waals surface area contributed by atoms with E-state index >= 15 is 0 Å². The van der Waals surface area contributed by atoms with Gasteiger partial charge >= 0.3 is 0 Å². The molecule has 1 aromatic carbocycles. The molecule has 6 nitrogen and oxygen atoms in total. The van der Waals surface area contributed by atoms with Gasteiger partial charge in [-0.15, -0.1) is 0 Å². The smallest absolute Gasteiger partial charge is 0.128 e. The number of nitrogens with one attached hydrogen (secondary N) is 2. The average molecular weight is 318 g/mol. The van der Waals surface area contributed by atoms with Crippen LogP contribution in [-0.4, -0.2) is 56.4 Å². The third-order valence-electron chi connectivity index (χ3n) is 3.99. The van der Waals surface area contributed by atoms with Crippen LogP contribution >= 0.6 is 0 Å². The van der Waals surface area contributed by atoms with Gasteiger partial charge < -0.3 is 15.2 Å². The predicted molar refractivity (Wildman–Crippen MR) is 95.9 cm³/mol. The molecule has 2 rings (SSSR count). The second-order valence-electron chi connectivity index (χ2n) is 5.91. The molecule has 0 unspecified atom stereocenters. The van der Waals surface area contributed by atoms with E-state index in [1.807, 2.05) is 31.1 Å². The van der Waals surface area contributed by atoms with Crippen LogP contribution < -0.4 is 15.6 Å². The topological polar surface area (TPSA) is 69.1 Å². The molecule has 0 spiro atoms. The van der Waals surface area contributed by atoms with Gasteiger partial charge in [0.05, 0.1) is 13.1 Å². The van der Waals surface area contributed by atoms with Crippen molar-refractivity contribution in [2.45, 2.75) is 32.6 Å². The van der Waals surface area contributed by atoms with E-state index in [-0.39, 0.29) is 6.10 Å². The number of nitrogens with zero attached hydrogens (tertiary/aromatic N) is 2. The van der Waals surface area contributed by atoms with Gasteiger partial charge in [-0.1, -0.05) is 19.2 Å². The van der Waals surface area contributed by atoms with E-state index in [9.17, 15) is 5.11 Å². The second kappa shape index (κ2) is 8.79. The van der Waals surface area contributed by atoms with Crippen LogP contribution in [0.4, 0.5) is 0 Å². The third kappa shape index (κ3) is 4.87. The van der Waals surface area contributed by atoms with Crippen LogP contribution in [0.5, 0.6) is 11.5 Å². The standard InChI is InChI=1S/C16H27BN4O2/c1-12-15(5-4-13(16(12)22)6-7-17-2)23-14-10-21(11-14)20-19-9-8-18-3/h4-5,9,14,17-18,20,22H,6-8,10-11H2,1-3H3/b19-9-. The minimum Gasteiger partial charge on any atom is -0.507 e. The van der Waals surface area contributed by atoms with E-state index < -0.39 is 0 Å². The summed E-state index contributed by atoms with van der Waals surface area (Å²) in [6, 6.07) is 3.95. The Morgan fingerprint density at radius 2 is 2.26 bits per heavy atom. The maximum absolute atomic E-state index is 10.3. The highest BCUT2D eigenvalue weighted by atomic mass is 16.5. The Hall–Kier alpha value is -1.73. The molecule has 0 aliphatic carbocycles. The predicted octanol–water partition coefficient (Wildman–Crippen LogP) is 0.919. The van der Waals surface area contributed by atoms with E-state index in [1.165, 1.54) is 0 Å². The van der Waals surface area contributed by atoms with Gasteiger partial charge in [0, 0.05) is 18.3 Å². The van der Waals surface area contributed by atoms with Gasteiger partial charge in [-0.2, -0.15) is 10.1 Å². The van der Waals surface area contributed by atoms with Crippen LogP contribution in [0.1, 0.15) is 11.1 Å². The summed E-state index contributed by atoms with van der Waals surface area (Å²) in [4.78, 5) is 0. The second-order valence-corrected chi connectivity index (χ2v) is 5.91. The molecule has 0 amide bonds. The summed E-state index contributed by atoms with van der Waals surface area (Å²) in [6.45, 7) is 6.35. The summed E-state index contributed by atoms with van der Waals surface area (Å²) in [5, 5.41) is 19.4. The zero-order valence-electron chi connectivity index (χ0n) is 14.3. The Labute approximate surface area is 139 Å². The summed E-state index contributed by atoms with van der Waals surface area (Å²) < 4.78 is 5.97. The highest BCUT2D eigenvalue weighted by Gasteiger charge is 2.29. The first-order chi connectivity index (χ1) is 11.2. The number of hydrazone groups is 1. The van der Waals surface area contributed by atoms with Crippen LogP contribution in [0.2, 0.25) is 13.1 Å². The van der Waals surface area contributed by atoms with Crippen molar-refractivity contribution in [2.75, 3.05) is 26.7 Å². The van der Waals surface area contributed by atoms with Crippen molar-refractivity contribution in [3.05, 3.63) is 23.3 Å². The summed E-state index contributed by atoms with van der Waals surface area (Å²) in [6.07, 6.45) is 3.91. The summed E-state index contributed by atoms with van der Waals surface area (Å²) >= 11 is 0. The maximum Gasteiger partial charge on any atom is 0.128 e. The maximum atomic E-state index is 10.3. The molecule has 23 heavy (non-hydrogen) atoms. The largest absolute Gasteiger partial charge is 0.507 e. The number of hydrazine groups is 1. The number of hydrogen-bond donors (Lipinski definition) is 3. The van der Waals surface area contributed by atoms with Crippen molar-refractivity contribution in [1.29, 1.82) is 0 Å². The molecule has 3 N–H and O–H groups in total. The highest BCUT2D eigenvalue weighted by molar-refractivity contribution is 6.33. The normalized spacial score (nSPS) is 15.6. The van der Waals surface area contributed by atoms with E-state index in [4.69, 9.17) is 4.74 Å². The first kappa shape index (κ1) is 17.6. The van der Waals surface area contributed by atoms with Crippen LogP contribution in [-0.2, 0) is 6.42 Å². The van der Waals surface area contributed by atoms with Crippen LogP contribution in [0.15, 0.2) is 17.2 Å². The molecule has 1 heterocycles. The molecular formula is C16H27BN4O2. The average Bonchev–Trinajstić information content (AvgIpc) is 2.51. The number of hydrogen-bond acceptors (Lipinski definition) is 6. The van der Waals surface area contributed by atoms with Gasteiger partial charge in [0.25, 0.3) is 0 Å².